The molecule has 2 aliphatic rings. The number of hydrogen-bond donors (Lipinski definition) is 1. The Hall–Kier alpha value is -4.04. The van der Waals surface area contributed by atoms with Crippen molar-refractivity contribution in [1.82, 2.24) is 10.4 Å². The summed E-state index contributed by atoms with van der Waals surface area (Å²) in [5, 5.41) is 16.4. The summed E-state index contributed by atoms with van der Waals surface area (Å²) >= 11 is 14.3. The van der Waals surface area contributed by atoms with Crippen molar-refractivity contribution in [3.05, 3.63) is 80.3 Å². The van der Waals surface area contributed by atoms with Crippen molar-refractivity contribution in [3.8, 4) is 5.75 Å². The van der Waals surface area contributed by atoms with Gasteiger partial charge in [0.05, 0.1) is 48.8 Å². The van der Waals surface area contributed by atoms with E-state index in [2.05, 4.69) is 15.5 Å². The fourth-order valence-electron chi connectivity index (χ4n) is 5.38. The first-order valence-electron chi connectivity index (χ1n) is 13.8. The van der Waals surface area contributed by atoms with Gasteiger partial charge in [-0.05, 0) is 55.3 Å². The number of imide groups is 1. The number of rotatable bonds is 9. The lowest BCUT2D eigenvalue weighted by Crippen LogP contribution is -2.30. The third kappa shape index (κ3) is 6.66. The van der Waals surface area contributed by atoms with Gasteiger partial charge in [-0.15, -0.1) is 11.3 Å². The van der Waals surface area contributed by atoms with Crippen LogP contribution in [0.5, 0.6) is 5.75 Å². The molecular weight excluding hydrogens is 661 g/mol. The molecule has 0 radical (unpaired) electrons. The lowest BCUT2D eigenvalue weighted by Gasteiger charge is -2.19. The summed E-state index contributed by atoms with van der Waals surface area (Å²) in [7, 11) is 0. The zero-order valence-electron chi connectivity index (χ0n) is 23.3. The van der Waals surface area contributed by atoms with Crippen molar-refractivity contribution >= 4 is 91.8 Å². The molecule has 15 heteroatoms. The number of thiazole rings is 1. The van der Waals surface area contributed by atoms with Gasteiger partial charge in [0.2, 0.25) is 11.8 Å². The van der Waals surface area contributed by atoms with Crippen molar-refractivity contribution in [2.75, 3.05) is 11.5 Å². The molecule has 3 amide bonds. The SMILES string of the molecule is O=C(COc1ccc(Cl)cc1Cl)N/N=C\c1ccc(Sc2nc3ccc(N4C(=O)[C@H]5CCCC[C@@H]5C4=O)cc3s2)c([N+](=O)[O-])c1. The average molecular weight is 685 g/mol. The minimum atomic E-state index is -0.560. The van der Waals surface area contributed by atoms with Gasteiger partial charge in [-0.3, -0.25) is 29.4 Å². The Morgan fingerprint density at radius 2 is 1.87 bits per heavy atom. The van der Waals surface area contributed by atoms with Crippen LogP contribution in [-0.2, 0) is 14.4 Å². The Labute approximate surface area is 274 Å². The average Bonchev–Trinajstić information content (AvgIpc) is 3.53. The summed E-state index contributed by atoms with van der Waals surface area (Å²) in [6.07, 6.45) is 4.67. The van der Waals surface area contributed by atoms with Crippen LogP contribution in [0.2, 0.25) is 10.0 Å². The molecule has 2 fully saturated rings. The maximum Gasteiger partial charge on any atom is 0.283 e. The maximum atomic E-state index is 13.0. The number of hydrazone groups is 1. The fourth-order valence-corrected chi connectivity index (χ4v) is 7.98. The first-order chi connectivity index (χ1) is 21.7. The smallest absolute Gasteiger partial charge is 0.283 e. The highest BCUT2D eigenvalue weighted by molar-refractivity contribution is 8.01. The Morgan fingerprint density at radius 3 is 2.58 bits per heavy atom. The van der Waals surface area contributed by atoms with Crippen LogP contribution in [0.3, 0.4) is 0 Å². The summed E-state index contributed by atoms with van der Waals surface area (Å²) in [6, 6.07) is 14.4. The summed E-state index contributed by atoms with van der Waals surface area (Å²) in [4.78, 5) is 55.9. The number of nitro groups is 1. The van der Waals surface area contributed by atoms with Crippen LogP contribution in [0.1, 0.15) is 31.2 Å². The molecule has 1 aliphatic carbocycles. The van der Waals surface area contributed by atoms with Gasteiger partial charge in [-0.1, -0.05) is 53.9 Å². The van der Waals surface area contributed by atoms with Crippen LogP contribution >= 0.6 is 46.3 Å². The molecular formula is C30H23Cl2N5O6S2. The van der Waals surface area contributed by atoms with Gasteiger partial charge < -0.3 is 4.74 Å². The summed E-state index contributed by atoms with van der Waals surface area (Å²) < 4.78 is 6.68. The third-order valence-corrected chi connectivity index (χ3v) is 10.2. The Balaban J connectivity index is 1.12. The minimum Gasteiger partial charge on any atom is -0.482 e. The number of ether oxygens (including phenoxy) is 1. The maximum absolute atomic E-state index is 13.0. The normalized spacial score (nSPS) is 18.0. The molecule has 45 heavy (non-hydrogen) atoms. The second-order valence-corrected chi connectivity index (χ2v) is 13.5. The number of hydrogen-bond acceptors (Lipinski definition) is 10. The molecule has 2 atom stereocenters. The quantitative estimate of drug-likeness (QED) is 0.0871. The highest BCUT2D eigenvalue weighted by Gasteiger charge is 2.48. The number of carbonyl (C=O) groups is 3. The molecule has 0 bridgehead atoms. The first kappa shape index (κ1) is 31.0. The van der Waals surface area contributed by atoms with E-state index in [1.807, 2.05) is 0 Å². The molecule has 0 spiro atoms. The predicted octanol–water partition coefficient (Wildman–Crippen LogP) is 6.87. The topological polar surface area (TPSA) is 144 Å². The molecule has 6 rings (SSSR count). The number of nitro benzene ring substituents is 1. The monoisotopic (exact) mass is 683 g/mol. The number of amides is 3. The van der Waals surface area contributed by atoms with Crippen LogP contribution in [0.15, 0.2) is 68.9 Å². The van der Waals surface area contributed by atoms with Crippen molar-refractivity contribution in [1.29, 1.82) is 0 Å². The molecule has 1 saturated carbocycles. The van der Waals surface area contributed by atoms with Gasteiger partial charge in [0.25, 0.3) is 11.6 Å². The van der Waals surface area contributed by atoms with Crippen LogP contribution in [0.25, 0.3) is 10.2 Å². The van der Waals surface area contributed by atoms with Gasteiger partial charge >= 0.3 is 0 Å². The van der Waals surface area contributed by atoms with Gasteiger partial charge in [0, 0.05) is 16.7 Å². The Morgan fingerprint density at radius 1 is 1.11 bits per heavy atom. The molecule has 1 aliphatic heterocycles. The standard InChI is InChI=1S/C30H23Cl2N5O6S2/c31-17-6-9-24(21(32)12-17)43-15-27(38)35-33-14-16-5-10-25(23(11-16)37(41)42)44-30-34-22-8-7-18(13-26(22)45-30)36-28(39)19-3-1-2-4-20(19)29(36)40/h5-14,19-20H,1-4,15H2,(H,35,38)/b33-14-/t19-,20-/m0/s1. The van der Waals surface area contributed by atoms with Crippen molar-refractivity contribution < 1.29 is 24.0 Å². The van der Waals surface area contributed by atoms with Gasteiger partial charge in [-0.25, -0.2) is 10.4 Å². The van der Waals surface area contributed by atoms with E-state index in [1.165, 1.54) is 40.7 Å². The molecule has 0 unspecified atom stereocenters. The number of benzene rings is 3. The molecule has 11 nitrogen and oxygen atoms in total. The van der Waals surface area contributed by atoms with Crippen LogP contribution in [0.4, 0.5) is 11.4 Å². The zero-order chi connectivity index (χ0) is 31.7. The number of anilines is 1. The molecule has 1 N–H and O–H groups in total. The second kappa shape index (κ2) is 13.1. The molecule has 3 aromatic carbocycles. The van der Waals surface area contributed by atoms with Crippen molar-refractivity contribution in [3.63, 3.8) is 0 Å². The highest BCUT2D eigenvalue weighted by Crippen LogP contribution is 2.43. The summed E-state index contributed by atoms with van der Waals surface area (Å²) in [6.45, 7) is -0.357. The Kier molecular flexibility index (Phi) is 9.04. The molecule has 1 saturated heterocycles. The van der Waals surface area contributed by atoms with Crippen LogP contribution in [0, 0.1) is 22.0 Å². The highest BCUT2D eigenvalue weighted by atomic mass is 35.5. The lowest BCUT2D eigenvalue weighted by molar-refractivity contribution is -0.387. The second-order valence-electron chi connectivity index (χ2n) is 10.4. The predicted molar refractivity (Wildman–Crippen MR) is 172 cm³/mol. The number of halogens is 2. The molecule has 230 valence electrons. The number of carbonyl (C=O) groups excluding carboxylic acids is 3. The van der Waals surface area contributed by atoms with E-state index in [9.17, 15) is 24.5 Å². The third-order valence-electron chi connectivity index (χ3n) is 7.48. The van der Waals surface area contributed by atoms with E-state index < -0.39 is 10.8 Å². The number of nitrogens with one attached hydrogen (secondary N) is 1. The van der Waals surface area contributed by atoms with E-state index in [4.69, 9.17) is 27.9 Å². The van der Waals surface area contributed by atoms with E-state index in [0.29, 0.717) is 31.0 Å². The molecule has 1 aromatic heterocycles. The van der Waals surface area contributed by atoms with Crippen molar-refractivity contribution in [2.24, 2.45) is 16.9 Å². The van der Waals surface area contributed by atoms with Gasteiger partial charge in [0.1, 0.15) is 5.75 Å². The summed E-state index contributed by atoms with van der Waals surface area (Å²) in [5.74, 6) is -1.04. The summed E-state index contributed by atoms with van der Waals surface area (Å²) in [5.41, 5.74) is 3.71. The molecule has 4 aromatic rings. The number of fused-ring (bicyclic) bond motifs is 2. The van der Waals surface area contributed by atoms with Crippen molar-refractivity contribution in [2.45, 2.75) is 34.9 Å². The van der Waals surface area contributed by atoms with Gasteiger partial charge in [-0.2, -0.15) is 5.10 Å². The van der Waals surface area contributed by atoms with E-state index in [-0.39, 0.29) is 46.7 Å². The first-order valence-corrected chi connectivity index (χ1v) is 16.2. The van der Waals surface area contributed by atoms with E-state index in [1.54, 1.807) is 36.4 Å². The largest absolute Gasteiger partial charge is 0.482 e. The Bertz CT molecular complexity index is 1860. The van der Waals surface area contributed by atoms with Gasteiger partial charge in [0.15, 0.2) is 10.9 Å². The van der Waals surface area contributed by atoms with E-state index in [0.717, 1.165) is 42.1 Å². The minimum absolute atomic E-state index is 0.141. The lowest BCUT2D eigenvalue weighted by atomic mass is 9.81. The zero-order valence-corrected chi connectivity index (χ0v) is 26.4. The van der Waals surface area contributed by atoms with Crippen LogP contribution in [-0.4, -0.2) is 40.5 Å². The fraction of sp³-hybridized carbons (Fsp3) is 0.233. The van der Waals surface area contributed by atoms with E-state index >= 15 is 0 Å². The number of aromatic nitrogens is 1. The molecule has 2 heterocycles. The number of nitrogens with zero attached hydrogens (tertiary/aromatic N) is 4. The van der Waals surface area contributed by atoms with Crippen LogP contribution < -0.4 is 15.1 Å².